The highest BCUT2D eigenvalue weighted by Gasteiger charge is 2.18. The first kappa shape index (κ1) is 12.5. The molecule has 0 atom stereocenters. The number of nitrogens with zero attached hydrogens (tertiary/aromatic N) is 4. The van der Waals surface area contributed by atoms with E-state index in [1.54, 1.807) is 10.9 Å². The average molecular weight is 266 g/mol. The quantitative estimate of drug-likeness (QED) is 0.681. The van der Waals surface area contributed by atoms with Crippen molar-refractivity contribution in [2.24, 2.45) is 0 Å². The van der Waals surface area contributed by atoms with E-state index in [4.69, 9.17) is 0 Å². The molecule has 0 amide bonds. The Hall–Kier alpha value is -2.56. The Labute approximate surface area is 116 Å². The summed E-state index contributed by atoms with van der Waals surface area (Å²) in [6.45, 7) is 2.71. The van der Waals surface area contributed by atoms with Gasteiger partial charge in [0.1, 0.15) is 11.4 Å². The molecule has 3 rings (SSSR count). The minimum Gasteiger partial charge on any atom is -0.285 e. The Morgan fingerprint density at radius 3 is 2.95 bits per heavy atom. The number of hydrogen-bond acceptors (Lipinski definition) is 4. The molecule has 5 nitrogen and oxygen atoms in total. The molecule has 0 N–H and O–H groups in total. The van der Waals surface area contributed by atoms with E-state index in [0.29, 0.717) is 17.9 Å². The van der Waals surface area contributed by atoms with E-state index in [9.17, 15) is 4.79 Å². The molecule has 5 heteroatoms. The molecule has 0 bridgehead atoms. The van der Waals surface area contributed by atoms with Crippen LogP contribution in [0, 0.1) is 0 Å². The molecule has 2 aromatic heterocycles. The highest BCUT2D eigenvalue weighted by molar-refractivity contribution is 6.13. The first-order chi connectivity index (χ1) is 9.81. The average Bonchev–Trinajstić information content (AvgIpc) is 2.94. The Balaban J connectivity index is 2.11. The normalized spacial score (nSPS) is 10.8. The second-order valence-corrected chi connectivity index (χ2v) is 4.55. The fourth-order valence-corrected chi connectivity index (χ4v) is 2.23. The van der Waals surface area contributed by atoms with Crippen LogP contribution >= 0.6 is 0 Å². The molecule has 2 heterocycles. The molecule has 3 aromatic rings. The van der Waals surface area contributed by atoms with Crippen LogP contribution in [0.5, 0.6) is 0 Å². The third-order valence-electron chi connectivity index (χ3n) is 3.17. The van der Waals surface area contributed by atoms with Gasteiger partial charge in [0.25, 0.3) is 0 Å². The van der Waals surface area contributed by atoms with Crippen LogP contribution < -0.4 is 0 Å². The summed E-state index contributed by atoms with van der Waals surface area (Å²) in [5, 5.41) is 9.63. The van der Waals surface area contributed by atoms with Crippen molar-refractivity contribution in [1.29, 1.82) is 0 Å². The SMILES string of the molecule is CCCn1nncc1C(=O)c1nccc2ccccc12. The molecule has 0 aliphatic heterocycles. The van der Waals surface area contributed by atoms with Crippen molar-refractivity contribution >= 4 is 16.6 Å². The number of hydrogen-bond donors (Lipinski definition) is 0. The van der Waals surface area contributed by atoms with Gasteiger partial charge in [-0.05, 0) is 17.9 Å². The van der Waals surface area contributed by atoms with Crippen molar-refractivity contribution < 1.29 is 4.79 Å². The minimum atomic E-state index is -0.139. The summed E-state index contributed by atoms with van der Waals surface area (Å²) in [6, 6.07) is 9.62. The zero-order valence-electron chi connectivity index (χ0n) is 11.2. The lowest BCUT2D eigenvalue weighted by molar-refractivity contribution is 0.102. The van der Waals surface area contributed by atoms with E-state index in [1.165, 1.54) is 6.20 Å². The van der Waals surface area contributed by atoms with Crippen molar-refractivity contribution in [3.05, 3.63) is 54.1 Å². The Morgan fingerprint density at radius 1 is 1.25 bits per heavy atom. The predicted octanol–water partition coefficient (Wildman–Crippen LogP) is 2.47. The summed E-state index contributed by atoms with van der Waals surface area (Å²) in [7, 11) is 0. The first-order valence-electron chi connectivity index (χ1n) is 6.58. The van der Waals surface area contributed by atoms with Gasteiger partial charge in [-0.1, -0.05) is 36.4 Å². The standard InChI is InChI=1S/C15H14N4O/c1-2-9-19-13(10-17-18-19)15(20)14-12-6-4-3-5-11(12)7-8-16-14/h3-8,10H,2,9H2,1H3. The smallest absolute Gasteiger partial charge is 0.231 e. The number of fused-ring (bicyclic) bond motifs is 1. The van der Waals surface area contributed by atoms with Crippen molar-refractivity contribution in [3.63, 3.8) is 0 Å². The Morgan fingerprint density at radius 2 is 2.10 bits per heavy atom. The topological polar surface area (TPSA) is 60.7 Å². The zero-order valence-corrected chi connectivity index (χ0v) is 11.2. The lowest BCUT2D eigenvalue weighted by Gasteiger charge is -2.06. The second kappa shape index (κ2) is 5.21. The van der Waals surface area contributed by atoms with Crippen LogP contribution in [-0.2, 0) is 6.54 Å². The third kappa shape index (κ3) is 2.07. The minimum absolute atomic E-state index is 0.139. The van der Waals surface area contributed by atoms with Crippen LogP contribution in [0.25, 0.3) is 10.8 Å². The Bertz CT molecular complexity index is 758. The molecule has 20 heavy (non-hydrogen) atoms. The van der Waals surface area contributed by atoms with Gasteiger partial charge in [-0.2, -0.15) is 0 Å². The molecule has 100 valence electrons. The van der Waals surface area contributed by atoms with Gasteiger partial charge in [-0.25, -0.2) is 4.68 Å². The Kier molecular flexibility index (Phi) is 3.25. The van der Waals surface area contributed by atoms with Crippen LogP contribution in [0.2, 0.25) is 0 Å². The predicted molar refractivity (Wildman–Crippen MR) is 75.5 cm³/mol. The molecular formula is C15H14N4O. The van der Waals surface area contributed by atoms with Gasteiger partial charge in [0.2, 0.25) is 5.78 Å². The molecular weight excluding hydrogens is 252 g/mol. The molecule has 0 saturated heterocycles. The summed E-state index contributed by atoms with van der Waals surface area (Å²) in [4.78, 5) is 16.9. The molecule has 0 unspecified atom stereocenters. The van der Waals surface area contributed by atoms with E-state index in [-0.39, 0.29) is 5.78 Å². The molecule has 0 fully saturated rings. The summed E-state index contributed by atoms with van der Waals surface area (Å²) >= 11 is 0. The second-order valence-electron chi connectivity index (χ2n) is 4.55. The third-order valence-corrected chi connectivity index (χ3v) is 3.17. The maximum absolute atomic E-state index is 12.7. The van der Waals surface area contributed by atoms with E-state index < -0.39 is 0 Å². The van der Waals surface area contributed by atoms with E-state index >= 15 is 0 Å². The number of pyridine rings is 1. The lowest BCUT2D eigenvalue weighted by atomic mass is 10.1. The molecule has 0 aliphatic rings. The molecule has 0 saturated carbocycles. The first-order valence-corrected chi connectivity index (χ1v) is 6.58. The van der Waals surface area contributed by atoms with Crippen molar-refractivity contribution in [2.75, 3.05) is 0 Å². The number of aromatic nitrogens is 4. The highest BCUT2D eigenvalue weighted by Crippen LogP contribution is 2.19. The fraction of sp³-hybridized carbons (Fsp3) is 0.200. The van der Waals surface area contributed by atoms with Gasteiger partial charge in [-0.15, -0.1) is 5.10 Å². The monoisotopic (exact) mass is 266 g/mol. The van der Waals surface area contributed by atoms with Crippen molar-refractivity contribution in [1.82, 2.24) is 20.0 Å². The van der Waals surface area contributed by atoms with Crippen molar-refractivity contribution in [2.45, 2.75) is 19.9 Å². The lowest BCUT2D eigenvalue weighted by Crippen LogP contribution is -2.13. The number of benzene rings is 1. The van der Waals surface area contributed by atoms with Crippen LogP contribution in [0.4, 0.5) is 0 Å². The van der Waals surface area contributed by atoms with Crippen LogP contribution in [0.1, 0.15) is 29.5 Å². The van der Waals surface area contributed by atoms with Gasteiger partial charge >= 0.3 is 0 Å². The number of carbonyl (C=O) groups is 1. The van der Waals surface area contributed by atoms with E-state index in [1.807, 2.05) is 37.3 Å². The van der Waals surface area contributed by atoms with E-state index in [0.717, 1.165) is 17.2 Å². The van der Waals surface area contributed by atoms with Gasteiger partial charge < -0.3 is 0 Å². The number of aryl methyl sites for hydroxylation is 1. The van der Waals surface area contributed by atoms with E-state index in [2.05, 4.69) is 15.3 Å². The zero-order chi connectivity index (χ0) is 13.9. The summed E-state index contributed by atoms with van der Waals surface area (Å²) in [5.41, 5.74) is 0.929. The van der Waals surface area contributed by atoms with Gasteiger partial charge in [0, 0.05) is 18.1 Å². The number of rotatable bonds is 4. The molecule has 0 aliphatic carbocycles. The summed E-state index contributed by atoms with van der Waals surface area (Å²) in [5.74, 6) is -0.139. The van der Waals surface area contributed by atoms with Gasteiger partial charge in [0.15, 0.2) is 0 Å². The van der Waals surface area contributed by atoms with Crippen molar-refractivity contribution in [3.8, 4) is 0 Å². The molecule has 1 aromatic carbocycles. The fourth-order valence-electron chi connectivity index (χ4n) is 2.23. The molecule has 0 radical (unpaired) electrons. The van der Waals surface area contributed by atoms with Crippen LogP contribution in [-0.4, -0.2) is 25.8 Å². The van der Waals surface area contributed by atoms with Crippen LogP contribution in [0.15, 0.2) is 42.7 Å². The largest absolute Gasteiger partial charge is 0.285 e. The maximum Gasteiger partial charge on any atom is 0.231 e. The summed E-state index contributed by atoms with van der Waals surface area (Å²) in [6.07, 6.45) is 4.05. The number of carbonyl (C=O) groups excluding carboxylic acids is 1. The maximum atomic E-state index is 12.7. The number of ketones is 1. The van der Waals surface area contributed by atoms with Gasteiger partial charge in [-0.3, -0.25) is 9.78 Å². The highest BCUT2D eigenvalue weighted by atomic mass is 16.1. The van der Waals surface area contributed by atoms with Crippen LogP contribution in [0.3, 0.4) is 0 Å². The van der Waals surface area contributed by atoms with Gasteiger partial charge in [0.05, 0.1) is 6.20 Å². The summed E-state index contributed by atoms with van der Waals surface area (Å²) < 4.78 is 1.63. The molecule has 0 spiro atoms.